The topological polar surface area (TPSA) is 80.4 Å². The fourth-order valence-electron chi connectivity index (χ4n) is 0.850. The molecule has 14 heavy (non-hydrogen) atoms. The van der Waals surface area contributed by atoms with Crippen LogP contribution < -0.4 is 11.2 Å². The highest BCUT2D eigenvalue weighted by Crippen LogP contribution is 1.97. The van der Waals surface area contributed by atoms with Crippen LogP contribution in [0.15, 0.2) is 29.6 Å². The summed E-state index contributed by atoms with van der Waals surface area (Å²) < 4.78 is 0. The Labute approximate surface area is 82.0 Å². The van der Waals surface area contributed by atoms with Gasteiger partial charge in [-0.2, -0.15) is 5.10 Å². The van der Waals surface area contributed by atoms with Gasteiger partial charge >= 0.3 is 0 Å². The second-order valence-corrected chi connectivity index (χ2v) is 2.67. The van der Waals surface area contributed by atoms with Crippen molar-refractivity contribution in [1.82, 2.24) is 10.4 Å². The van der Waals surface area contributed by atoms with Gasteiger partial charge in [-0.15, -0.1) is 0 Å². The highest BCUT2D eigenvalue weighted by molar-refractivity contribution is 5.99. The third kappa shape index (κ3) is 2.95. The molecule has 1 aromatic heterocycles. The molecule has 1 rings (SSSR count). The van der Waals surface area contributed by atoms with Gasteiger partial charge in [0.1, 0.15) is 0 Å². The number of aromatic nitrogens is 1. The second-order valence-electron chi connectivity index (χ2n) is 2.67. The number of pyridine rings is 1. The number of carbonyl (C=O) groups excluding carboxylic acids is 1. The van der Waals surface area contributed by atoms with Crippen LogP contribution in [0.3, 0.4) is 0 Å². The van der Waals surface area contributed by atoms with E-state index in [2.05, 4.69) is 15.5 Å². The molecule has 0 radical (unpaired) electrons. The third-order valence-electron chi connectivity index (χ3n) is 1.63. The Morgan fingerprint density at radius 3 is 2.79 bits per heavy atom. The van der Waals surface area contributed by atoms with E-state index in [0.29, 0.717) is 5.71 Å². The molecule has 0 aliphatic rings. The first-order valence-electron chi connectivity index (χ1n) is 4.17. The van der Waals surface area contributed by atoms with Crippen molar-refractivity contribution in [1.29, 1.82) is 0 Å². The molecule has 3 N–H and O–H groups in total. The minimum absolute atomic E-state index is 0.0624. The normalized spacial score (nSPS) is 11.1. The first-order chi connectivity index (χ1) is 6.74. The van der Waals surface area contributed by atoms with Crippen LogP contribution in [0.5, 0.6) is 0 Å². The summed E-state index contributed by atoms with van der Waals surface area (Å²) in [5.41, 5.74) is 9.07. The molecule has 1 aromatic rings. The number of hydrogen-bond donors (Lipinski definition) is 2. The van der Waals surface area contributed by atoms with Crippen molar-refractivity contribution in [2.75, 3.05) is 6.54 Å². The van der Waals surface area contributed by atoms with Crippen molar-refractivity contribution in [2.24, 2.45) is 10.8 Å². The fraction of sp³-hybridized carbons (Fsp3) is 0.222. The Morgan fingerprint density at radius 2 is 2.21 bits per heavy atom. The lowest BCUT2D eigenvalue weighted by Crippen LogP contribution is -2.27. The van der Waals surface area contributed by atoms with Crippen LogP contribution in [-0.4, -0.2) is 23.1 Å². The van der Waals surface area contributed by atoms with Gasteiger partial charge in [0, 0.05) is 18.0 Å². The minimum atomic E-state index is -0.307. The minimum Gasteiger partial charge on any atom is -0.322 e. The highest BCUT2D eigenvalue weighted by Gasteiger charge is 1.97. The molecule has 74 valence electrons. The maximum atomic E-state index is 10.8. The predicted octanol–water partition coefficient (Wildman–Crippen LogP) is -0.119. The number of carbonyl (C=O) groups is 1. The summed E-state index contributed by atoms with van der Waals surface area (Å²) in [6.45, 7) is 1.74. The molecule has 0 fully saturated rings. The summed E-state index contributed by atoms with van der Waals surface area (Å²) in [5, 5.41) is 3.87. The Kier molecular flexibility index (Phi) is 3.75. The van der Waals surface area contributed by atoms with E-state index >= 15 is 0 Å². The maximum absolute atomic E-state index is 10.8. The quantitative estimate of drug-likeness (QED) is 0.517. The van der Waals surface area contributed by atoms with Gasteiger partial charge in [-0.1, -0.05) is 0 Å². The van der Waals surface area contributed by atoms with Crippen LogP contribution in [0.2, 0.25) is 0 Å². The molecule has 1 amide bonds. The van der Waals surface area contributed by atoms with Gasteiger partial charge in [-0.3, -0.25) is 9.78 Å². The van der Waals surface area contributed by atoms with Crippen LogP contribution in [-0.2, 0) is 4.79 Å². The molecule has 0 spiro atoms. The number of nitrogens with two attached hydrogens (primary N) is 1. The van der Waals surface area contributed by atoms with Crippen LogP contribution in [0, 0.1) is 0 Å². The van der Waals surface area contributed by atoms with Crippen LogP contribution in [0.1, 0.15) is 12.5 Å². The molecule has 0 saturated heterocycles. The monoisotopic (exact) mass is 192 g/mol. The average Bonchev–Trinajstić information content (AvgIpc) is 2.26. The van der Waals surface area contributed by atoms with Gasteiger partial charge in [-0.25, -0.2) is 5.43 Å². The van der Waals surface area contributed by atoms with Gasteiger partial charge in [0.05, 0.1) is 12.3 Å². The molecule has 5 heteroatoms. The smallest absolute Gasteiger partial charge is 0.253 e. The van der Waals surface area contributed by atoms with Crippen molar-refractivity contribution in [3.8, 4) is 0 Å². The second kappa shape index (κ2) is 5.08. The predicted molar refractivity (Wildman–Crippen MR) is 53.6 cm³/mol. The van der Waals surface area contributed by atoms with Gasteiger partial charge in [0.25, 0.3) is 5.91 Å². The zero-order valence-electron chi connectivity index (χ0n) is 7.90. The van der Waals surface area contributed by atoms with E-state index in [1.165, 1.54) is 0 Å². The standard InChI is InChI=1S/C9H12N4O/c1-7(12-13-9(14)6-10)8-2-4-11-5-3-8/h2-5H,6,10H2,1H3,(H,13,14)/b12-7-. The molecule has 0 aromatic carbocycles. The zero-order valence-corrected chi connectivity index (χ0v) is 7.90. The summed E-state index contributed by atoms with van der Waals surface area (Å²) in [4.78, 5) is 14.7. The average molecular weight is 192 g/mol. The van der Waals surface area contributed by atoms with Crippen LogP contribution in [0.25, 0.3) is 0 Å². The Morgan fingerprint density at radius 1 is 1.57 bits per heavy atom. The number of nitrogens with zero attached hydrogens (tertiary/aromatic N) is 2. The summed E-state index contributed by atoms with van der Waals surface area (Å²) >= 11 is 0. The van der Waals surface area contributed by atoms with Crippen molar-refractivity contribution in [3.63, 3.8) is 0 Å². The number of rotatable bonds is 3. The molecular weight excluding hydrogens is 180 g/mol. The van der Waals surface area contributed by atoms with Gasteiger partial charge in [-0.05, 0) is 19.1 Å². The number of amides is 1. The van der Waals surface area contributed by atoms with Gasteiger partial charge in [0.2, 0.25) is 0 Å². The molecule has 1 heterocycles. The molecule has 0 atom stereocenters. The van der Waals surface area contributed by atoms with Crippen molar-refractivity contribution in [2.45, 2.75) is 6.92 Å². The zero-order chi connectivity index (χ0) is 10.4. The largest absolute Gasteiger partial charge is 0.322 e. The SMILES string of the molecule is C/C(=N/NC(=O)CN)c1ccncc1. The van der Waals surface area contributed by atoms with E-state index in [1.54, 1.807) is 19.3 Å². The fourth-order valence-corrected chi connectivity index (χ4v) is 0.850. The summed E-state index contributed by atoms with van der Waals surface area (Å²) in [7, 11) is 0. The highest BCUT2D eigenvalue weighted by atomic mass is 16.2. The van der Waals surface area contributed by atoms with E-state index in [9.17, 15) is 4.79 Å². The lowest BCUT2D eigenvalue weighted by atomic mass is 10.2. The number of nitrogens with one attached hydrogen (secondary N) is 1. The Balaban J connectivity index is 2.66. The van der Waals surface area contributed by atoms with Crippen LogP contribution in [0.4, 0.5) is 0 Å². The van der Waals surface area contributed by atoms with E-state index < -0.39 is 0 Å². The molecule has 5 nitrogen and oxygen atoms in total. The summed E-state index contributed by atoms with van der Waals surface area (Å²) in [6, 6.07) is 3.63. The van der Waals surface area contributed by atoms with Gasteiger partial charge < -0.3 is 5.73 Å². The first kappa shape index (κ1) is 10.3. The Bertz CT molecular complexity index is 334. The van der Waals surface area contributed by atoms with E-state index in [4.69, 9.17) is 5.73 Å². The Hall–Kier alpha value is -1.75. The molecule has 0 saturated carbocycles. The van der Waals surface area contributed by atoms with Crippen molar-refractivity contribution in [3.05, 3.63) is 30.1 Å². The van der Waals surface area contributed by atoms with Crippen LogP contribution >= 0.6 is 0 Å². The molecular formula is C9H12N4O. The molecule has 0 aliphatic carbocycles. The van der Waals surface area contributed by atoms with Crippen molar-refractivity contribution < 1.29 is 4.79 Å². The first-order valence-corrected chi connectivity index (χ1v) is 4.17. The maximum Gasteiger partial charge on any atom is 0.253 e. The third-order valence-corrected chi connectivity index (χ3v) is 1.63. The number of hydrogen-bond acceptors (Lipinski definition) is 4. The van der Waals surface area contributed by atoms with E-state index in [-0.39, 0.29) is 12.5 Å². The molecule has 0 unspecified atom stereocenters. The van der Waals surface area contributed by atoms with Crippen molar-refractivity contribution >= 4 is 11.6 Å². The van der Waals surface area contributed by atoms with Gasteiger partial charge in [0.15, 0.2) is 0 Å². The number of hydrazone groups is 1. The lowest BCUT2D eigenvalue weighted by Gasteiger charge is -2.00. The summed E-state index contributed by atoms with van der Waals surface area (Å²) in [6.07, 6.45) is 3.33. The van der Waals surface area contributed by atoms with E-state index in [1.807, 2.05) is 12.1 Å². The lowest BCUT2D eigenvalue weighted by molar-refractivity contribution is -0.119. The van der Waals surface area contributed by atoms with E-state index in [0.717, 1.165) is 5.56 Å². The molecule has 0 aliphatic heterocycles. The molecule has 0 bridgehead atoms. The summed E-state index contributed by atoms with van der Waals surface area (Å²) in [5.74, 6) is -0.307.